The van der Waals surface area contributed by atoms with E-state index >= 15 is 0 Å². The minimum atomic E-state index is -0.352. The number of rotatable bonds is 5. The number of carbonyl (C=O) groups excluding carboxylic acids is 1. The monoisotopic (exact) mass is 207 g/mol. The van der Waals surface area contributed by atoms with E-state index in [2.05, 4.69) is 17.4 Å². The van der Waals surface area contributed by atoms with E-state index in [0.29, 0.717) is 6.61 Å². The van der Waals surface area contributed by atoms with Gasteiger partial charge >= 0.3 is 6.09 Å². The van der Waals surface area contributed by atoms with Gasteiger partial charge < -0.3 is 10.1 Å². The molecule has 82 valence electrons. The number of carbonyl (C=O) groups is 1. The molecular formula is C12H17NO2. The molecule has 1 aromatic carbocycles. The van der Waals surface area contributed by atoms with Crippen LogP contribution in [-0.2, 0) is 11.2 Å². The molecule has 0 bridgehead atoms. The summed E-state index contributed by atoms with van der Waals surface area (Å²) in [6.07, 6.45) is 2.64. The number of alkyl carbamates (subject to hydrolysis) is 1. The molecule has 3 nitrogen and oxygen atoms in total. The second-order valence-corrected chi connectivity index (χ2v) is 3.33. The van der Waals surface area contributed by atoms with Gasteiger partial charge in [0, 0.05) is 7.05 Å². The van der Waals surface area contributed by atoms with Crippen molar-refractivity contribution in [2.75, 3.05) is 13.7 Å². The first kappa shape index (κ1) is 11.6. The smallest absolute Gasteiger partial charge is 0.406 e. The number of benzene rings is 1. The van der Waals surface area contributed by atoms with Gasteiger partial charge in [-0.2, -0.15) is 0 Å². The van der Waals surface area contributed by atoms with Gasteiger partial charge in [-0.25, -0.2) is 4.79 Å². The van der Waals surface area contributed by atoms with Gasteiger partial charge in [-0.1, -0.05) is 30.3 Å². The second-order valence-electron chi connectivity index (χ2n) is 3.33. The van der Waals surface area contributed by atoms with Crippen LogP contribution >= 0.6 is 0 Å². The Kier molecular flexibility index (Phi) is 5.30. The lowest BCUT2D eigenvalue weighted by Gasteiger charge is -2.03. The highest BCUT2D eigenvalue weighted by Gasteiger charge is 1.97. The Bertz CT molecular complexity index is 285. The predicted octanol–water partition coefficient (Wildman–Crippen LogP) is 2.37. The van der Waals surface area contributed by atoms with Gasteiger partial charge in [-0.15, -0.1) is 0 Å². The van der Waals surface area contributed by atoms with Crippen LogP contribution in [0, 0.1) is 0 Å². The van der Waals surface area contributed by atoms with E-state index in [4.69, 9.17) is 4.74 Å². The normalized spacial score (nSPS) is 9.67. The van der Waals surface area contributed by atoms with Gasteiger partial charge in [0.25, 0.3) is 0 Å². The maximum Gasteiger partial charge on any atom is 0.406 e. The number of aryl methyl sites for hydroxylation is 1. The van der Waals surface area contributed by atoms with Crippen molar-refractivity contribution < 1.29 is 9.53 Å². The first-order valence-electron chi connectivity index (χ1n) is 5.21. The summed E-state index contributed by atoms with van der Waals surface area (Å²) < 4.78 is 4.88. The van der Waals surface area contributed by atoms with E-state index in [1.165, 1.54) is 5.56 Å². The summed E-state index contributed by atoms with van der Waals surface area (Å²) in [4.78, 5) is 10.7. The van der Waals surface area contributed by atoms with Gasteiger partial charge in [0.05, 0.1) is 6.61 Å². The molecular weight excluding hydrogens is 190 g/mol. The van der Waals surface area contributed by atoms with Crippen molar-refractivity contribution in [1.29, 1.82) is 0 Å². The average molecular weight is 207 g/mol. The van der Waals surface area contributed by atoms with Crippen LogP contribution in [0.15, 0.2) is 30.3 Å². The molecule has 1 rings (SSSR count). The summed E-state index contributed by atoms with van der Waals surface area (Å²) >= 11 is 0. The zero-order valence-corrected chi connectivity index (χ0v) is 9.03. The van der Waals surface area contributed by atoms with Crippen LogP contribution in [0.3, 0.4) is 0 Å². The van der Waals surface area contributed by atoms with E-state index in [0.717, 1.165) is 19.3 Å². The Morgan fingerprint density at radius 3 is 2.67 bits per heavy atom. The summed E-state index contributed by atoms with van der Waals surface area (Å²) in [7, 11) is 1.56. The number of unbranched alkanes of at least 4 members (excludes halogenated alkanes) is 1. The Hall–Kier alpha value is -1.51. The Morgan fingerprint density at radius 2 is 2.00 bits per heavy atom. The highest BCUT2D eigenvalue weighted by atomic mass is 16.5. The van der Waals surface area contributed by atoms with E-state index in [-0.39, 0.29) is 6.09 Å². The number of amides is 1. The number of ether oxygens (including phenoxy) is 1. The fraction of sp³-hybridized carbons (Fsp3) is 0.417. The van der Waals surface area contributed by atoms with Crippen molar-refractivity contribution in [3.8, 4) is 0 Å². The summed E-state index contributed by atoms with van der Waals surface area (Å²) in [6.45, 7) is 0.493. The van der Waals surface area contributed by atoms with Crippen LogP contribution in [0.2, 0.25) is 0 Å². The average Bonchev–Trinajstić information content (AvgIpc) is 2.29. The molecule has 1 amide bonds. The molecule has 15 heavy (non-hydrogen) atoms. The van der Waals surface area contributed by atoms with E-state index in [1.54, 1.807) is 7.05 Å². The van der Waals surface area contributed by atoms with E-state index in [9.17, 15) is 4.79 Å². The quantitative estimate of drug-likeness (QED) is 0.753. The molecule has 0 aliphatic heterocycles. The number of nitrogens with one attached hydrogen (secondary N) is 1. The molecule has 0 radical (unpaired) electrons. The molecule has 0 fully saturated rings. The lowest BCUT2D eigenvalue weighted by molar-refractivity contribution is 0.146. The molecule has 1 N–H and O–H groups in total. The van der Waals surface area contributed by atoms with Gasteiger partial charge in [-0.05, 0) is 24.8 Å². The molecule has 0 atom stereocenters. The Balaban J connectivity index is 2.05. The molecule has 0 heterocycles. The van der Waals surface area contributed by atoms with E-state index < -0.39 is 0 Å². The standard InChI is InChI=1S/C12H17NO2/c1-13-12(14)15-10-6-5-9-11-7-3-2-4-8-11/h2-4,7-8H,5-6,9-10H2,1H3,(H,13,14). The first-order chi connectivity index (χ1) is 7.33. The Morgan fingerprint density at radius 1 is 1.27 bits per heavy atom. The van der Waals surface area contributed by atoms with Crippen molar-refractivity contribution in [3.05, 3.63) is 35.9 Å². The molecule has 1 aromatic rings. The van der Waals surface area contributed by atoms with Crippen LogP contribution in [0.5, 0.6) is 0 Å². The fourth-order valence-electron chi connectivity index (χ4n) is 1.31. The third-order valence-corrected chi connectivity index (χ3v) is 2.14. The van der Waals surface area contributed by atoms with Gasteiger partial charge in [-0.3, -0.25) is 0 Å². The van der Waals surface area contributed by atoms with Crippen LogP contribution in [0.1, 0.15) is 18.4 Å². The molecule has 0 aliphatic rings. The zero-order chi connectivity index (χ0) is 10.9. The fourth-order valence-corrected chi connectivity index (χ4v) is 1.31. The maximum atomic E-state index is 10.7. The summed E-state index contributed by atoms with van der Waals surface area (Å²) in [5, 5.41) is 2.41. The van der Waals surface area contributed by atoms with Gasteiger partial charge in [0.1, 0.15) is 0 Å². The largest absolute Gasteiger partial charge is 0.450 e. The van der Waals surface area contributed by atoms with Crippen molar-refractivity contribution in [3.63, 3.8) is 0 Å². The SMILES string of the molecule is CNC(=O)OCCCCc1ccccc1. The number of hydrogen-bond donors (Lipinski definition) is 1. The summed E-state index contributed by atoms with van der Waals surface area (Å²) in [5.41, 5.74) is 1.33. The van der Waals surface area contributed by atoms with Gasteiger partial charge in [0.2, 0.25) is 0 Å². The van der Waals surface area contributed by atoms with Crippen molar-refractivity contribution in [2.45, 2.75) is 19.3 Å². The maximum absolute atomic E-state index is 10.7. The van der Waals surface area contributed by atoms with Crippen molar-refractivity contribution >= 4 is 6.09 Å². The first-order valence-corrected chi connectivity index (χ1v) is 5.21. The molecule has 0 saturated carbocycles. The summed E-state index contributed by atoms with van der Waals surface area (Å²) in [6, 6.07) is 10.3. The van der Waals surface area contributed by atoms with Crippen molar-refractivity contribution in [1.82, 2.24) is 5.32 Å². The molecule has 0 aliphatic carbocycles. The van der Waals surface area contributed by atoms with E-state index in [1.807, 2.05) is 18.2 Å². The third-order valence-electron chi connectivity index (χ3n) is 2.14. The summed E-state index contributed by atoms with van der Waals surface area (Å²) in [5.74, 6) is 0. The molecule has 3 heteroatoms. The van der Waals surface area contributed by atoms with Crippen LogP contribution < -0.4 is 5.32 Å². The van der Waals surface area contributed by atoms with Crippen LogP contribution in [-0.4, -0.2) is 19.7 Å². The molecule has 0 spiro atoms. The van der Waals surface area contributed by atoms with Gasteiger partial charge in [0.15, 0.2) is 0 Å². The third kappa shape index (κ3) is 5.05. The predicted molar refractivity (Wildman–Crippen MR) is 59.8 cm³/mol. The highest BCUT2D eigenvalue weighted by Crippen LogP contribution is 2.04. The molecule has 0 saturated heterocycles. The minimum Gasteiger partial charge on any atom is -0.450 e. The van der Waals surface area contributed by atoms with Crippen LogP contribution in [0.4, 0.5) is 4.79 Å². The Labute approximate surface area is 90.4 Å². The molecule has 0 unspecified atom stereocenters. The minimum absolute atomic E-state index is 0.352. The lowest BCUT2D eigenvalue weighted by Crippen LogP contribution is -2.19. The van der Waals surface area contributed by atoms with Crippen molar-refractivity contribution in [2.24, 2.45) is 0 Å². The molecule has 0 aromatic heterocycles. The number of hydrogen-bond acceptors (Lipinski definition) is 2. The lowest BCUT2D eigenvalue weighted by atomic mass is 10.1. The topological polar surface area (TPSA) is 38.3 Å². The second kappa shape index (κ2) is 6.87. The highest BCUT2D eigenvalue weighted by molar-refractivity contribution is 5.66. The zero-order valence-electron chi connectivity index (χ0n) is 9.03. The van der Waals surface area contributed by atoms with Crippen LogP contribution in [0.25, 0.3) is 0 Å².